The fourth-order valence-corrected chi connectivity index (χ4v) is 4.11. The van der Waals surface area contributed by atoms with Gasteiger partial charge in [0, 0.05) is 11.9 Å². The second-order valence-corrected chi connectivity index (χ2v) is 7.26. The van der Waals surface area contributed by atoms with Gasteiger partial charge in [-0.25, -0.2) is 4.79 Å². The summed E-state index contributed by atoms with van der Waals surface area (Å²) in [4.78, 5) is 29.5. The number of fused-ring (bicyclic) bond motifs is 2. The van der Waals surface area contributed by atoms with E-state index in [9.17, 15) is 9.59 Å². The minimum atomic E-state index is -0.462. The first kappa shape index (κ1) is 18.9. The van der Waals surface area contributed by atoms with Crippen molar-refractivity contribution in [3.05, 3.63) is 77.3 Å². The second-order valence-electron chi connectivity index (χ2n) is 6.25. The molecule has 0 spiro atoms. The molecular weight excluding hydrogens is 388 g/mol. The van der Waals surface area contributed by atoms with E-state index in [1.165, 1.54) is 11.3 Å². The highest BCUT2D eigenvalue weighted by Gasteiger charge is 2.14. The number of benzene rings is 2. The van der Waals surface area contributed by atoms with E-state index in [2.05, 4.69) is 11.6 Å². The van der Waals surface area contributed by atoms with Gasteiger partial charge in [0.25, 0.3) is 0 Å². The van der Waals surface area contributed by atoms with Crippen molar-refractivity contribution in [2.75, 3.05) is 6.61 Å². The fourth-order valence-electron chi connectivity index (χ4n) is 3.03. The van der Waals surface area contributed by atoms with Gasteiger partial charge in [0.1, 0.15) is 5.58 Å². The van der Waals surface area contributed by atoms with E-state index in [-0.39, 0.29) is 11.7 Å². The van der Waals surface area contributed by atoms with E-state index in [1.54, 1.807) is 37.3 Å². The van der Waals surface area contributed by atoms with Crippen LogP contribution in [0.2, 0.25) is 0 Å². The monoisotopic (exact) mass is 406 g/mol. The Hall–Kier alpha value is -3.45. The van der Waals surface area contributed by atoms with Crippen molar-refractivity contribution >= 4 is 44.4 Å². The largest absolute Gasteiger partial charge is 0.462 e. The molecular formula is C22H18N2O4S. The average Bonchev–Trinajstić information content (AvgIpc) is 3.30. The summed E-state index contributed by atoms with van der Waals surface area (Å²) in [5.41, 5.74) is 1.96. The molecule has 0 radical (unpaired) electrons. The maximum atomic E-state index is 12.7. The van der Waals surface area contributed by atoms with Gasteiger partial charge in [-0.1, -0.05) is 35.6 Å². The Morgan fingerprint density at radius 1 is 1.24 bits per heavy atom. The third kappa shape index (κ3) is 3.64. The van der Waals surface area contributed by atoms with Gasteiger partial charge >= 0.3 is 11.9 Å². The van der Waals surface area contributed by atoms with E-state index in [4.69, 9.17) is 9.15 Å². The molecule has 2 aromatic heterocycles. The molecule has 7 heteroatoms. The summed E-state index contributed by atoms with van der Waals surface area (Å²) in [6, 6.07) is 14.4. The zero-order valence-corrected chi connectivity index (χ0v) is 16.6. The van der Waals surface area contributed by atoms with Gasteiger partial charge in [0.05, 0.1) is 22.4 Å². The Bertz CT molecular complexity index is 1280. The summed E-state index contributed by atoms with van der Waals surface area (Å²) in [6.07, 6.45) is 1.73. The Kier molecular flexibility index (Phi) is 5.14. The first-order valence-electron chi connectivity index (χ1n) is 9.09. The maximum absolute atomic E-state index is 12.7. The minimum Gasteiger partial charge on any atom is -0.462 e. The van der Waals surface area contributed by atoms with E-state index in [0.29, 0.717) is 29.1 Å². The molecule has 4 aromatic rings. The van der Waals surface area contributed by atoms with Crippen molar-refractivity contribution < 1.29 is 18.7 Å². The van der Waals surface area contributed by atoms with E-state index in [0.717, 1.165) is 15.6 Å². The molecule has 0 N–H and O–H groups in total. The molecule has 2 aromatic carbocycles. The molecule has 0 atom stereocenters. The number of ether oxygens (including phenoxy) is 1. The molecule has 146 valence electrons. The van der Waals surface area contributed by atoms with Gasteiger partial charge in [-0.15, -0.1) is 6.58 Å². The SMILES string of the molecule is C=CCn1c(=NC(=O)c2cc3ccccc3o2)sc2cc(C(=O)OCC)ccc21. The third-order valence-electron chi connectivity index (χ3n) is 4.34. The van der Waals surface area contributed by atoms with Crippen molar-refractivity contribution in [1.82, 2.24) is 4.57 Å². The summed E-state index contributed by atoms with van der Waals surface area (Å²) in [5, 5.41) is 0.848. The first-order chi connectivity index (χ1) is 14.1. The van der Waals surface area contributed by atoms with Gasteiger partial charge in [-0.3, -0.25) is 4.79 Å². The fraction of sp³-hybridized carbons (Fsp3) is 0.136. The number of hydrogen-bond donors (Lipinski definition) is 0. The van der Waals surface area contributed by atoms with Crippen LogP contribution in [0.3, 0.4) is 0 Å². The molecule has 0 saturated heterocycles. The molecule has 0 unspecified atom stereocenters. The second kappa shape index (κ2) is 7.89. The maximum Gasteiger partial charge on any atom is 0.338 e. The predicted octanol–water partition coefficient (Wildman–Crippen LogP) is 4.55. The molecule has 0 aliphatic rings. The van der Waals surface area contributed by atoms with Crippen molar-refractivity contribution in [2.24, 2.45) is 4.99 Å². The molecule has 0 aliphatic heterocycles. The number of esters is 1. The van der Waals surface area contributed by atoms with Crippen LogP contribution in [0.4, 0.5) is 0 Å². The Balaban J connectivity index is 1.80. The summed E-state index contributed by atoms with van der Waals surface area (Å²) in [5.74, 6) is -0.660. The number of aromatic nitrogens is 1. The molecule has 0 bridgehead atoms. The number of hydrogen-bond acceptors (Lipinski definition) is 5. The van der Waals surface area contributed by atoms with Gasteiger partial charge in [-0.2, -0.15) is 4.99 Å². The number of carbonyl (C=O) groups excluding carboxylic acids is 2. The van der Waals surface area contributed by atoms with Crippen LogP contribution in [0.15, 0.2) is 70.6 Å². The van der Waals surface area contributed by atoms with Gasteiger partial charge in [0.15, 0.2) is 10.6 Å². The average molecular weight is 406 g/mol. The number of furan rings is 1. The Labute approximate surface area is 170 Å². The highest BCUT2D eigenvalue weighted by Crippen LogP contribution is 2.22. The van der Waals surface area contributed by atoms with Crippen LogP contribution >= 0.6 is 11.3 Å². The quantitative estimate of drug-likeness (QED) is 0.360. The third-order valence-corrected chi connectivity index (χ3v) is 5.38. The topological polar surface area (TPSA) is 73.8 Å². The number of rotatable bonds is 5. The molecule has 0 aliphatic carbocycles. The Morgan fingerprint density at radius 3 is 2.83 bits per heavy atom. The summed E-state index contributed by atoms with van der Waals surface area (Å²) in [7, 11) is 0. The lowest BCUT2D eigenvalue weighted by Gasteiger charge is -2.03. The van der Waals surface area contributed by atoms with Crippen LogP contribution in [0.5, 0.6) is 0 Å². The molecule has 0 fully saturated rings. The molecule has 0 saturated carbocycles. The molecule has 4 rings (SSSR count). The number of thiazole rings is 1. The highest BCUT2D eigenvalue weighted by molar-refractivity contribution is 7.16. The normalized spacial score (nSPS) is 11.8. The van der Waals surface area contributed by atoms with Crippen molar-refractivity contribution in [3.8, 4) is 0 Å². The van der Waals surface area contributed by atoms with Crippen molar-refractivity contribution in [3.63, 3.8) is 0 Å². The molecule has 2 heterocycles. The van der Waals surface area contributed by atoms with Crippen LogP contribution in [-0.2, 0) is 11.3 Å². The van der Waals surface area contributed by atoms with Gasteiger partial charge < -0.3 is 13.7 Å². The number of amides is 1. The summed E-state index contributed by atoms with van der Waals surface area (Å²) in [6.45, 7) is 6.34. The van der Waals surface area contributed by atoms with Crippen molar-refractivity contribution in [1.29, 1.82) is 0 Å². The molecule has 29 heavy (non-hydrogen) atoms. The highest BCUT2D eigenvalue weighted by atomic mass is 32.1. The lowest BCUT2D eigenvalue weighted by Crippen LogP contribution is -2.16. The van der Waals surface area contributed by atoms with Crippen LogP contribution in [-0.4, -0.2) is 23.1 Å². The van der Waals surface area contributed by atoms with Crippen LogP contribution < -0.4 is 4.80 Å². The molecule has 1 amide bonds. The summed E-state index contributed by atoms with van der Waals surface area (Å²) < 4.78 is 13.4. The lowest BCUT2D eigenvalue weighted by atomic mass is 10.2. The predicted molar refractivity (Wildman–Crippen MR) is 112 cm³/mol. The lowest BCUT2D eigenvalue weighted by molar-refractivity contribution is 0.0526. The van der Waals surface area contributed by atoms with E-state index in [1.807, 2.05) is 28.8 Å². The first-order valence-corrected chi connectivity index (χ1v) is 9.91. The zero-order valence-electron chi connectivity index (χ0n) is 15.8. The van der Waals surface area contributed by atoms with Crippen molar-refractivity contribution in [2.45, 2.75) is 13.5 Å². The Morgan fingerprint density at radius 2 is 2.07 bits per heavy atom. The van der Waals surface area contributed by atoms with Crippen LogP contribution in [0.1, 0.15) is 27.8 Å². The van der Waals surface area contributed by atoms with Crippen LogP contribution in [0, 0.1) is 0 Å². The molecule has 6 nitrogen and oxygen atoms in total. The summed E-state index contributed by atoms with van der Waals surface area (Å²) >= 11 is 1.32. The van der Waals surface area contributed by atoms with E-state index >= 15 is 0 Å². The standard InChI is InChI=1S/C22H18N2O4S/c1-3-11-24-16-10-9-15(21(26)27-4-2)13-19(16)29-22(24)23-20(25)18-12-14-7-5-6-8-17(14)28-18/h3,5-10,12-13H,1,4,11H2,2H3. The number of carbonyl (C=O) groups is 2. The van der Waals surface area contributed by atoms with Gasteiger partial charge in [0.2, 0.25) is 0 Å². The number of allylic oxidation sites excluding steroid dienone is 1. The van der Waals surface area contributed by atoms with E-state index < -0.39 is 5.91 Å². The number of para-hydroxylation sites is 1. The smallest absolute Gasteiger partial charge is 0.338 e. The van der Waals surface area contributed by atoms with Gasteiger partial charge in [-0.05, 0) is 37.3 Å². The number of nitrogens with zero attached hydrogens (tertiary/aromatic N) is 2. The van der Waals surface area contributed by atoms with Crippen LogP contribution in [0.25, 0.3) is 21.2 Å². The minimum absolute atomic E-state index is 0.182. The zero-order chi connectivity index (χ0) is 20.4.